The number of rotatable bonds is 2. The summed E-state index contributed by atoms with van der Waals surface area (Å²) in [6.07, 6.45) is 1.73. The quantitative estimate of drug-likeness (QED) is 0.862. The third-order valence-corrected chi connectivity index (χ3v) is 3.21. The van der Waals surface area contributed by atoms with Gasteiger partial charge in [-0.3, -0.25) is 4.79 Å². The average Bonchev–Trinajstić information content (AvgIpc) is 2.51. The fourth-order valence-corrected chi connectivity index (χ4v) is 2.16. The minimum absolute atomic E-state index is 0.0572. The van der Waals surface area contributed by atoms with Gasteiger partial charge in [-0.05, 0) is 31.9 Å². The van der Waals surface area contributed by atoms with E-state index in [4.69, 9.17) is 22.1 Å². The van der Waals surface area contributed by atoms with Crippen LogP contribution in [0.4, 0.5) is 0 Å². The number of carbonyl (C=O) groups excluding carboxylic acids is 1. The van der Waals surface area contributed by atoms with E-state index in [-0.39, 0.29) is 11.9 Å². The van der Waals surface area contributed by atoms with Crippen LogP contribution in [0.1, 0.15) is 31.4 Å². The SMILES string of the molecule is C[C@@H](N)C(=O)NC1CCCOc2cc(Cl)ccc21. The van der Waals surface area contributed by atoms with Gasteiger partial charge in [-0.1, -0.05) is 17.7 Å². The van der Waals surface area contributed by atoms with Crippen LogP contribution in [0.2, 0.25) is 5.02 Å². The van der Waals surface area contributed by atoms with Gasteiger partial charge >= 0.3 is 0 Å². The lowest BCUT2D eigenvalue weighted by molar-refractivity contribution is -0.122. The molecule has 4 nitrogen and oxygen atoms in total. The first kappa shape index (κ1) is 13.2. The first-order valence-corrected chi connectivity index (χ1v) is 6.44. The highest BCUT2D eigenvalue weighted by Gasteiger charge is 2.22. The lowest BCUT2D eigenvalue weighted by Crippen LogP contribution is -2.40. The summed E-state index contributed by atoms with van der Waals surface area (Å²) in [7, 11) is 0. The number of amides is 1. The van der Waals surface area contributed by atoms with Crippen LogP contribution in [0.15, 0.2) is 18.2 Å². The summed E-state index contributed by atoms with van der Waals surface area (Å²) in [5.74, 6) is 0.595. The fraction of sp³-hybridized carbons (Fsp3) is 0.462. The minimum Gasteiger partial charge on any atom is -0.493 e. The van der Waals surface area contributed by atoms with Gasteiger partial charge in [0, 0.05) is 10.6 Å². The van der Waals surface area contributed by atoms with Gasteiger partial charge in [0.1, 0.15) is 5.75 Å². The van der Waals surface area contributed by atoms with Gasteiger partial charge in [-0.25, -0.2) is 0 Å². The zero-order valence-electron chi connectivity index (χ0n) is 10.3. The van der Waals surface area contributed by atoms with Gasteiger partial charge in [0.15, 0.2) is 0 Å². The normalized spacial score (nSPS) is 20.3. The van der Waals surface area contributed by atoms with E-state index in [0.717, 1.165) is 24.2 Å². The molecule has 0 aliphatic carbocycles. The maximum absolute atomic E-state index is 11.7. The zero-order valence-corrected chi connectivity index (χ0v) is 11.0. The predicted octanol–water partition coefficient (Wildman–Crippen LogP) is 2.02. The topological polar surface area (TPSA) is 64.4 Å². The monoisotopic (exact) mass is 268 g/mol. The van der Waals surface area contributed by atoms with Crippen LogP contribution in [0.25, 0.3) is 0 Å². The van der Waals surface area contributed by atoms with Crippen LogP contribution in [0.5, 0.6) is 5.75 Å². The largest absolute Gasteiger partial charge is 0.493 e. The van der Waals surface area contributed by atoms with E-state index in [1.165, 1.54) is 0 Å². The number of ether oxygens (including phenoxy) is 1. The Bertz CT molecular complexity index is 449. The standard InChI is InChI=1S/C13H17ClN2O2/c1-8(15)13(17)16-11-3-2-6-18-12-7-9(14)4-5-10(11)12/h4-5,7-8,11H,2-3,6,15H2,1H3,(H,16,17)/t8-,11?/m1/s1. The Morgan fingerprint density at radius 1 is 1.61 bits per heavy atom. The Morgan fingerprint density at radius 2 is 2.39 bits per heavy atom. The summed E-state index contributed by atoms with van der Waals surface area (Å²) in [5.41, 5.74) is 6.54. The van der Waals surface area contributed by atoms with Gasteiger partial charge in [-0.15, -0.1) is 0 Å². The second-order valence-electron chi connectivity index (χ2n) is 4.52. The molecule has 0 fully saturated rings. The molecule has 1 aromatic rings. The third kappa shape index (κ3) is 2.94. The number of benzene rings is 1. The summed E-state index contributed by atoms with van der Waals surface area (Å²) >= 11 is 5.95. The molecule has 1 aliphatic rings. The van der Waals surface area contributed by atoms with Crippen LogP contribution < -0.4 is 15.8 Å². The van der Waals surface area contributed by atoms with Crippen molar-refractivity contribution in [2.75, 3.05) is 6.61 Å². The Hall–Kier alpha value is -1.26. The molecule has 1 amide bonds. The van der Waals surface area contributed by atoms with Crippen molar-refractivity contribution in [1.82, 2.24) is 5.32 Å². The predicted molar refractivity (Wildman–Crippen MR) is 70.7 cm³/mol. The first-order valence-electron chi connectivity index (χ1n) is 6.06. The molecule has 2 atom stereocenters. The van der Waals surface area contributed by atoms with E-state index < -0.39 is 6.04 Å². The zero-order chi connectivity index (χ0) is 13.1. The fourth-order valence-electron chi connectivity index (χ4n) is 2.00. The van der Waals surface area contributed by atoms with Crippen LogP contribution in [-0.2, 0) is 4.79 Å². The molecule has 0 saturated carbocycles. The molecular formula is C13H17ClN2O2. The summed E-state index contributed by atoms with van der Waals surface area (Å²) in [6, 6.07) is 4.92. The van der Waals surface area contributed by atoms with E-state index in [9.17, 15) is 4.79 Å². The van der Waals surface area contributed by atoms with E-state index in [1.807, 2.05) is 6.07 Å². The molecule has 1 aromatic carbocycles. The van der Waals surface area contributed by atoms with E-state index in [2.05, 4.69) is 5.32 Å². The molecule has 5 heteroatoms. The van der Waals surface area contributed by atoms with Crippen molar-refractivity contribution >= 4 is 17.5 Å². The molecular weight excluding hydrogens is 252 g/mol. The number of nitrogens with two attached hydrogens (primary N) is 1. The Balaban J connectivity index is 2.24. The van der Waals surface area contributed by atoms with E-state index in [0.29, 0.717) is 11.6 Å². The number of nitrogens with one attached hydrogen (secondary N) is 1. The molecule has 2 rings (SSSR count). The Labute approximate surface area is 111 Å². The molecule has 1 unspecified atom stereocenters. The highest BCUT2D eigenvalue weighted by molar-refractivity contribution is 6.30. The molecule has 18 heavy (non-hydrogen) atoms. The number of hydrogen-bond donors (Lipinski definition) is 2. The third-order valence-electron chi connectivity index (χ3n) is 2.98. The number of halogens is 1. The lowest BCUT2D eigenvalue weighted by Gasteiger charge is -2.19. The average molecular weight is 269 g/mol. The number of fused-ring (bicyclic) bond motifs is 1. The van der Waals surface area contributed by atoms with Crippen LogP contribution in [-0.4, -0.2) is 18.6 Å². The van der Waals surface area contributed by atoms with Crippen molar-refractivity contribution in [3.8, 4) is 5.75 Å². The van der Waals surface area contributed by atoms with Gasteiger partial charge in [0.2, 0.25) is 5.91 Å². The van der Waals surface area contributed by atoms with Gasteiger partial charge in [0.05, 0.1) is 18.7 Å². The molecule has 98 valence electrons. The first-order chi connectivity index (χ1) is 8.58. The van der Waals surface area contributed by atoms with Crippen LogP contribution >= 0.6 is 11.6 Å². The summed E-state index contributed by atoms with van der Waals surface area (Å²) in [6.45, 7) is 2.31. The van der Waals surface area contributed by atoms with Crippen molar-refractivity contribution in [1.29, 1.82) is 0 Å². The number of hydrogen-bond acceptors (Lipinski definition) is 3. The maximum atomic E-state index is 11.7. The highest BCUT2D eigenvalue weighted by atomic mass is 35.5. The molecule has 0 saturated heterocycles. The molecule has 0 spiro atoms. The summed E-state index contributed by atoms with van der Waals surface area (Å²) < 4.78 is 5.63. The molecule has 1 heterocycles. The minimum atomic E-state index is -0.509. The van der Waals surface area contributed by atoms with Crippen LogP contribution in [0, 0.1) is 0 Å². The second kappa shape index (κ2) is 5.59. The smallest absolute Gasteiger partial charge is 0.237 e. The molecule has 0 radical (unpaired) electrons. The van der Waals surface area contributed by atoms with E-state index in [1.54, 1.807) is 19.1 Å². The Kier molecular flexibility index (Phi) is 4.09. The molecule has 0 bridgehead atoms. The van der Waals surface area contributed by atoms with Gasteiger partial charge in [-0.2, -0.15) is 0 Å². The maximum Gasteiger partial charge on any atom is 0.237 e. The van der Waals surface area contributed by atoms with Gasteiger partial charge in [0.25, 0.3) is 0 Å². The highest BCUT2D eigenvalue weighted by Crippen LogP contribution is 2.33. The van der Waals surface area contributed by atoms with Crippen molar-refractivity contribution in [3.05, 3.63) is 28.8 Å². The molecule has 3 N–H and O–H groups in total. The van der Waals surface area contributed by atoms with E-state index >= 15 is 0 Å². The van der Waals surface area contributed by atoms with Crippen molar-refractivity contribution in [2.45, 2.75) is 31.8 Å². The van der Waals surface area contributed by atoms with Gasteiger partial charge < -0.3 is 15.8 Å². The van der Waals surface area contributed by atoms with Crippen molar-refractivity contribution in [3.63, 3.8) is 0 Å². The van der Waals surface area contributed by atoms with Crippen molar-refractivity contribution < 1.29 is 9.53 Å². The lowest BCUT2D eigenvalue weighted by atomic mass is 10.0. The summed E-state index contributed by atoms with van der Waals surface area (Å²) in [4.78, 5) is 11.7. The Morgan fingerprint density at radius 3 is 3.11 bits per heavy atom. The number of carbonyl (C=O) groups is 1. The summed E-state index contributed by atoms with van der Waals surface area (Å²) in [5, 5.41) is 3.58. The second-order valence-corrected chi connectivity index (χ2v) is 4.96. The van der Waals surface area contributed by atoms with Crippen LogP contribution in [0.3, 0.4) is 0 Å². The molecule has 0 aromatic heterocycles. The van der Waals surface area contributed by atoms with Crippen molar-refractivity contribution in [2.24, 2.45) is 5.73 Å². The molecule has 1 aliphatic heterocycles.